The summed E-state index contributed by atoms with van der Waals surface area (Å²) >= 11 is 0. The van der Waals surface area contributed by atoms with E-state index in [1.165, 1.54) is 12.1 Å². The number of aryl methyl sites for hydroxylation is 1. The van der Waals surface area contributed by atoms with Crippen LogP contribution in [-0.2, 0) is 6.54 Å². The van der Waals surface area contributed by atoms with Crippen molar-refractivity contribution in [1.29, 1.82) is 0 Å². The van der Waals surface area contributed by atoms with Crippen molar-refractivity contribution < 1.29 is 13.6 Å². The zero-order valence-electron chi connectivity index (χ0n) is 14.0. The molecule has 0 aromatic carbocycles. The van der Waals surface area contributed by atoms with E-state index in [4.69, 9.17) is 0 Å². The van der Waals surface area contributed by atoms with Gasteiger partial charge in [0.25, 0.3) is 12.3 Å². The van der Waals surface area contributed by atoms with Crippen LogP contribution in [0.3, 0.4) is 0 Å². The van der Waals surface area contributed by atoms with E-state index in [1.54, 1.807) is 10.9 Å². The van der Waals surface area contributed by atoms with Gasteiger partial charge in [-0.1, -0.05) is 0 Å². The number of aromatic nitrogens is 5. The molecule has 26 heavy (non-hydrogen) atoms. The third kappa shape index (κ3) is 3.42. The Kier molecular flexibility index (Phi) is 4.36. The molecule has 1 N–H and O–H groups in total. The first-order valence-corrected chi connectivity index (χ1v) is 8.56. The molecule has 1 amide bonds. The van der Waals surface area contributed by atoms with Gasteiger partial charge in [-0.05, 0) is 31.4 Å². The highest BCUT2D eigenvalue weighted by Gasteiger charge is 2.28. The van der Waals surface area contributed by atoms with Gasteiger partial charge in [-0.15, -0.1) is 0 Å². The summed E-state index contributed by atoms with van der Waals surface area (Å²) < 4.78 is 29.6. The zero-order chi connectivity index (χ0) is 18.1. The summed E-state index contributed by atoms with van der Waals surface area (Å²) in [6.07, 6.45) is 3.49. The Bertz CT molecular complexity index is 917. The Labute approximate surface area is 148 Å². The van der Waals surface area contributed by atoms with Crippen LogP contribution in [0.5, 0.6) is 0 Å². The van der Waals surface area contributed by atoms with Gasteiger partial charge < -0.3 is 5.32 Å². The van der Waals surface area contributed by atoms with Crippen LogP contribution in [-0.4, -0.2) is 36.8 Å². The van der Waals surface area contributed by atoms with E-state index in [2.05, 4.69) is 20.5 Å². The van der Waals surface area contributed by atoms with Crippen LogP contribution < -0.4 is 5.32 Å². The first-order valence-electron chi connectivity index (χ1n) is 8.56. The van der Waals surface area contributed by atoms with Gasteiger partial charge >= 0.3 is 0 Å². The molecule has 0 spiro atoms. The van der Waals surface area contributed by atoms with Gasteiger partial charge in [0.15, 0.2) is 11.3 Å². The van der Waals surface area contributed by atoms with Crippen LogP contribution in [0.1, 0.15) is 53.5 Å². The summed E-state index contributed by atoms with van der Waals surface area (Å²) in [4.78, 5) is 16.7. The minimum atomic E-state index is -2.68. The number of hydrogen-bond donors (Lipinski definition) is 1. The van der Waals surface area contributed by atoms with Gasteiger partial charge in [-0.25, -0.2) is 18.3 Å². The van der Waals surface area contributed by atoms with Crippen molar-refractivity contribution in [2.24, 2.45) is 0 Å². The highest BCUT2D eigenvalue weighted by molar-refractivity contribution is 5.93. The Morgan fingerprint density at radius 2 is 2.19 bits per heavy atom. The van der Waals surface area contributed by atoms with E-state index in [0.29, 0.717) is 25.2 Å². The van der Waals surface area contributed by atoms with Crippen LogP contribution in [0.4, 0.5) is 8.78 Å². The molecule has 4 rings (SSSR count). The van der Waals surface area contributed by atoms with Crippen LogP contribution in [0, 0.1) is 0 Å². The van der Waals surface area contributed by atoms with E-state index in [1.807, 2.05) is 12.3 Å². The molecule has 3 aromatic rings. The fraction of sp³-hybridized carbons (Fsp3) is 0.412. The minimum Gasteiger partial charge on any atom is -0.351 e. The number of carbonyl (C=O) groups is 1. The summed E-state index contributed by atoms with van der Waals surface area (Å²) in [5.41, 5.74) is 0.798. The fourth-order valence-electron chi connectivity index (χ4n) is 2.84. The molecule has 0 radical (unpaired) electrons. The van der Waals surface area contributed by atoms with Crippen molar-refractivity contribution >= 4 is 11.6 Å². The first-order chi connectivity index (χ1) is 12.6. The van der Waals surface area contributed by atoms with Crippen molar-refractivity contribution in [3.63, 3.8) is 0 Å². The van der Waals surface area contributed by atoms with Gasteiger partial charge in [0.05, 0.1) is 0 Å². The highest BCUT2D eigenvalue weighted by Crippen LogP contribution is 2.40. The third-order valence-corrected chi connectivity index (χ3v) is 4.34. The van der Waals surface area contributed by atoms with E-state index < -0.39 is 12.3 Å². The largest absolute Gasteiger partial charge is 0.351 e. The number of halogens is 2. The number of carbonyl (C=O) groups excluding carboxylic acids is 1. The average Bonchev–Trinajstić information content (AvgIpc) is 3.17. The van der Waals surface area contributed by atoms with Crippen molar-refractivity contribution in [2.75, 3.05) is 6.54 Å². The lowest BCUT2D eigenvalue weighted by Gasteiger charge is -2.06. The lowest BCUT2D eigenvalue weighted by atomic mass is 10.2. The summed E-state index contributed by atoms with van der Waals surface area (Å²) in [5.74, 6) is -0.156. The van der Waals surface area contributed by atoms with Crippen LogP contribution in [0.15, 0.2) is 30.6 Å². The molecule has 3 heterocycles. The molecule has 1 aliphatic rings. The molecule has 1 fully saturated rings. The number of fused-ring (bicyclic) bond motifs is 1. The third-order valence-electron chi connectivity index (χ3n) is 4.34. The highest BCUT2D eigenvalue weighted by atomic mass is 19.3. The number of alkyl halides is 2. The number of nitrogens with one attached hydrogen (secondary N) is 1. The molecule has 1 aliphatic carbocycles. The maximum Gasteiger partial charge on any atom is 0.280 e. The lowest BCUT2D eigenvalue weighted by Crippen LogP contribution is -2.25. The smallest absolute Gasteiger partial charge is 0.280 e. The number of rotatable bonds is 7. The second-order valence-electron chi connectivity index (χ2n) is 6.36. The van der Waals surface area contributed by atoms with E-state index in [-0.39, 0.29) is 23.0 Å². The van der Waals surface area contributed by atoms with E-state index >= 15 is 0 Å². The normalized spacial score (nSPS) is 14.3. The molecule has 0 unspecified atom stereocenters. The molecule has 3 aromatic heterocycles. The van der Waals surface area contributed by atoms with Gasteiger partial charge in [0.1, 0.15) is 5.69 Å². The second-order valence-corrected chi connectivity index (χ2v) is 6.36. The molecule has 7 nitrogen and oxygen atoms in total. The average molecular weight is 360 g/mol. The van der Waals surface area contributed by atoms with E-state index in [0.717, 1.165) is 17.4 Å². The molecule has 0 saturated heterocycles. The van der Waals surface area contributed by atoms with Gasteiger partial charge in [-0.2, -0.15) is 10.2 Å². The second kappa shape index (κ2) is 6.81. The van der Waals surface area contributed by atoms with Crippen molar-refractivity contribution in [2.45, 2.75) is 38.2 Å². The molecule has 0 atom stereocenters. The number of nitrogens with zero attached hydrogens (tertiary/aromatic N) is 5. The van der Waals surface area contributed by atoms with Crippen molar-refractivity contribution in [3.05, 3.63) is 47.7 Å². The predicted octanol–water partition coefficient (Wildman–Crippen LogP) is 2.56. The van der Waals surface area contributed by atoms with Gasteiger partial charge in [-0.3, -0.25) is 9.48 Å². The maximum absolute atomic E-state index is 13.4. The molecule has 1 saturated carbocycles. The fourth-order valence-corrected chi connectivity index (χ4v) is 2.84. The summed E-state index contributed by atoms with van der Waals surface area (Å²) in [6, 6.07) is 4.69. The SMILES string of the molecule is O=C(NCCCn1cccn1)c1cc2nc(C3CC3)cc(C(F)F)n2n1. The molecule has 136 valence electrons. The number of amides is 1. The molecular formula is C17H18F2N6O. The van der Waals surface area contributed by atoms with Crippen molar-refractivity contribution in [3.8, 4) is 0 Å². The Morgan fingerprint density at radius 3 is 2.88 bits per heavy atom. The quantitative estimate of drug-likeness (QED) is 0.657. The van der Waals surface area contributed by atoms with Gasteiger partial charge in [0.2, 0.25) is 0 Å². The molecular weight excluding hydrogens is 342 g/mol. The minimum absolute atomic E-state index is 0.0893. The molecule has 0 bridgehead atoms. The predicted molar refractivity (Wildman–Crippen MR) is 89.1 cm³/mol. The topological polar surface area (TPSA) is 77.1 Å². The summed E-state index contributed by atoms with van der Waals surface area (Å²) in [7, 11) is 0. The van der Waals surface area contributed by atoms with Gasteiger partial charge in [0, 0.05) is 43.2 Å². The van der Waals surface area contributed by atoms with Crippen molar-refractivity contribution in [1.82, 2.24) is 29.7 Å². The number of hydrogen-bond acceptors (Lipinski definition) is 4. The monoisotopic (exact) mass is 360 g/mol. The Hall–Kier alpha value is -2.84. The standard InChI is InChI=1S/C17H18F2N6O/c18-16(19)14-9-12(11-3-4-11)22-15-10-13(23-25(14)15)17(26)20-5-1-7-24-8-2-6-21-24/h2,6,8-11,16H,1,3-5,7H2,(H,20,26). The summed E-state index contributed by atoms with van der Waals surface area (Å²) in [5, 5.41) is 10.9. The first kappa shape index (κ1) is 16.6. The lowest BCUT2D eigenvalue weighted by molar-refractivity contribution is 0.0946. The van der Waals surface area contributed by atoms with Crippen LogP contribution in [0.25, 0.3) is 5.65 Å². The van der Waals surface area contributed by atoms with Crippen LogP contribution in [0.2, 0.25) is 0 Å². The van der Waals surface area contributed by atoms with E-state index in [9.17, 15) is 13.6 Å². The zero-order valence-corrected chi connectivity index (χ0v) is 14.0. The molecule has 0 aliphatic heterocycles. The Balaban J connectivity index is 1.47. The Morgan fingerprint density at radius 1 is 1.35 bits per heavy atom. The maximum atomic E-state index is 13.4. The van der Waals surface area contributed by atoms with Crippen LogP contribution >= 0.6 is 0 Å². The molecule has 9 heteroatoms. The summed E-state index contributed by atoms with van der Waals surface area (Å²) in [6.45, 7) is 1.12.